The SMILES string of the molecule is CC(NC(=O)c1cnn2ccncc12)C(C)C(=O)O. The second-order valence-corrected chi connectivity index (χ2v) is 4.35. The lowest BCUT2D eigenvalue weighted by Gasteiger charge is -2.17. The molecule has 0 spiro atoms. The zero-order valence-electron chi connectivity index (χ0n) is 10.6. The van der Waals surface area contributed by atoms with Crippen molar-refractivity contribution >= 4 is 17.4 Å². The molecule has 7 nitrogen and oxygen atoms in total. The Morgan fingerprint density at radius 3 is 2.79 bits per heavy atom. The van der Waals surface area contributed by atoms with Crippen molar-refractivity contribution in [2.45, 2.75) is 19.9 Å². The molecule has 7 heteroatoms. The minimum Gasteiger partial charge on any atom is -0.481 e. The fourth-order valence-corrected chi connectivity index (χ4v) is 1.63. The third-order valence-electron chi connectivity index (χ3n) is 3.07. The van der Waals surface area contributed by atoms with Gasteiger partial charge >= 0.3 is 5.97 Å². The van der Waals surface area contributed by atoms with Gasteiger partial charge in [0.1, 0.15) is 0 Å². The summed E-state index contributed by atoms with van der Waals surface area (Å²) in [7, 11) is 0. The Morgan fingerprint density at radius 2 is 2.11 bits per heavy atom. The molecule has 2 atom stereocenters. The molecule has 2 unspecified atom stereocenters. The summed E-state index contributed by atoms with van der Waals surface area (Å²) in [6.45, 7) is 3.20. The van der Waals surface area contributed by atoms with Crippen molar-refractivity contribution < 1.29 is 14.7 Å². The molecule has 2 aromatic heterocycles. The summed E-state index contributed by atoms with van der Waals surface area (Å²) in [6, 6.07) is -0.475. The maximum absolute atomic E-state index is 12.1. The number of nitrogens with zero attached hydrogens (tertiary/aromatic N) is 3. The molecule has 0 aliphatic rings. The monoisotopic (exact) mass is 262 g/mol. The Labute approximate surface area is 109 Å². The Hall–Kier alpha value is -2.44. The number of amides is 1. The smallest absolute Gasteiger partial charge is 0.308 e. The van der Waals surface area contributed by atoms with Gasteiger partial charge in [0.2, 0.25) is 0 Å². The number of aromatic nitrogens is 3. The van der Waals surface area contributed by atoms with Crippen molar-refractivity contribution in [1.82, 2.24) is 19.9 Å². The molecule has 19 heavy (non-hydrogen) atoms. The summed E-state index contributed by atoms with van der Waals surface area (Å²) in [5.74, 6) is -1.97. The molecule has 2 heterocycles. The van der Waals surface area contributed by atoms with Gasteiger partial charge in [-0.05, 0) is 13.8 Å². The summed E-state index contributed by atoms with van der Waals surface area (Å²) in [5, 5.41) is 15.6. The van der Waals surface area contributed by atoms with Crippen LogP contribution >= 0.6 is 0 Å². The van der Waals surface area contributed by atoms with Crippen molar-refractivity contribution in [3.8, 4) is 0 Å². The molecule has 2 rings (SSSR count). The van der Waals surface area contributed by atoms with Gasteiger partial charge in [0.25, 0.3) is 5.91 Å². The van der Waals surface area contributed by atoms with Gasteiger partial charge in [-0.1, -0.05) is 0 Å². The molecule has 0 radical (unpaired) electrons. The van der Waals surface area contributed by atoms with Crippen LogP contribution in [0.2, 0.25) is 0 Å². The molecule has 100 valence electrons. The molecule has 0 fully saturated rings. The molecule has 0 aliphatic carbocycles. The van der Waals surface area contributed by atoms with Crippen LogP contribution in [0.15, 0.2) is 24.8 Å². The number of carboxylic acid groups (broad SMARTS) is 1. The topological polar surface area (TPSA) is 96.6 Å². The molecule has 0 aliphatic heterocycles. The number of carbonyl (C=O) groups excluding carboxylic acids is 1. The normalized spacial score (nSPS) is 14.0. The van der Waals surface area contributed by atoms with Gasteiger partial charge in [0.15, 0.2) is 0 Å². The number of carboxylic acids is 1. The van der Waals surface area contributed by atoms with E-state index >= 15 is 0 Å². The van der Waals surface area contributed by atoms with Gasteiger partial charge < -0.3 is 10.4 Å². The first-order valence-corrected chi connectivity index (χ1v) is 5.81. The van der Waals surface area contributed by atoms with Crippen LogP contribution in [0.3, 0.4) is 0 Å². The maximum atomic E-state index is 12.1. The van der Waals surface area contributed by atoms with E-state index in [4.69, 9.17) is 5.11 Å². The molecule has 1 amide bonds. The number of carbonyl (C=O) groups is 2. The van der Waals surface area contributed by atoms with Crippen molar-refractivity contribution in [3.05, 3.63) is 30.4 Å². The zero-order valence-corrected chi connectivity index (χ0v) is 10.6. The van der Waals surface area contributed by atoms with Crippen LogP contribution in [0, 0.1) is 5.92 Å². The zero-order chi connectivity index (χ0) is 14.0. The van der Waals surface area contributed by atoms with Gasteiger partial charge in [-0.3, -0.25) is 14.6 Å². The Kier molecular flexibility index (Phi) is 3.46. The van der Waals surface area contributed by atoms with Crippen LogP contribution < -0.4 is 5.32 Å². The molecule has 0 saturated carbocycles. The number of aliphatic carboxylic acids is 1. The summed E-state index contributed by atoms with van der Waals surface area (Å²) in [5.41, 5.74) is 0.952. The second-order valence-electron chi connectivity index (χ2n) is 4.35. The van der Waals surface area contributed by atoms with Gasteiger partial charge in [-0.2, -0.15) is 5.10 Å². The first-order valence-electron chi connectivity index (χ1n) is 5.81. The first-order chi connectivity index (χ1) is 9.00. The van der Waals surface area contributed by atoms with Crippen LogP contribution in [0.4, 0.5) is 0 Å². The third-order valence-corrected chi connectivity index (χ3v) is 3.07. The minimum atomic E-state index is -0.950. The average molecular weight is 262 g/mol. The van der Waals surface area contributed by atoms with E-state index in [1.165, 1.54) is 16.9 Å². The number of rotatable bonds is 4. The fourth-order valence-electron chi connectivity index (χ4n) is 1.63. The van der Waals surface area contributed by atoms with Crippen molar-refractivity contribution in [3.63, 3.8) is 0 Å². The average Bonchev–Trinajstić information content (AvgIpc) is 2.81. The van der Waals surface area contributed by atoms with E-state index in [0.717, 1.165) is 0 Å². The minimum absolute atomic E-state index is 0.358. The van der Waals surface area contributed by atoms with E-state index in [0.29, 0.717) is 11.1 Å². The number of nitrogens with one attached hydrogen (secondary N) is 1. The van der Waals surface area contributed by atoms with Gasteiger partial charge in [0, 0.05) is 18.4 Å². The van der Waals surface area contributed by atoms with Gasteiger partial charge in [-0.15, -0.1) is 0 Å². The molecule has 2 aromatic rings. The van der Waals surface area contributed by atoms with E-state index in [1.807, 2.05) is 0 Å². The number of fused-ring (bicyclic) bond motifs is 1. The Balaban J connectivity index is 2.18. The van der Waals surface area contributed by atoms with Crippen molar-refractivity contribution in [1.29, 1.82) is 0 Å². The van der Waals surface area contributed by atoms with Crippen LogP contribution in [-0.2, 0) is 4.79 Å². The Bertz CT molecular complexity index is 622. The van der Waals surface area contributed by atoms with E-state index in [-0.39, 0.29) is 5.91 Å². The lowest BCUT2D eigenvalue weighted by molar-refractivity contribution is -0.141. The van der Waals surface area contributed by atoms with E-state index < -0.39 is 17.9 Å². The maximum Gasteiger partial charge on any atom is 0.308 e. The highest BCUT2D eigenvalue weighted by Gasteiger charge is 2.22. The molecule has 0 saturated heterocycles. The predicted octanol–water partition coefficient (Wildman–Crippen LogP) is 0.568. The number of hydrogen-bond donors (Lipinski definition) is 2. The van der Waals surface area contributed by atoms with Gasteiger partial charge in [0.05, 0.1) is 29.4 Å². The largest absolute Gasteiger partial charge is 0.481 e. The van der Waals surface area contributed by atoms with E-state index in [9.17, 15) is 9.59 Å². The summed E-state index contributed by atoms with van der Waals surface area (Å²) >= 11 is 0. The van der Waals surface area contributed by atoms with Gasteiger partial charge in [-0.25, -0.2) is 4.52 Å². The molecular formula is C12H14N4O3. The summed E-state index contributed by atoms with van der Waals surface area (Å²) in [6.07, 6.45) is 6.17. The lowest BCUT2D eigenvalue weighted by Crippen LogP contribution is -2.40. The number of hydrogen-bond acceptors (Lipinski definition) is 4. The molecule has 2 N–H and O–H groups in total. The van der Waals surface area contributed by atoms with Crippen LogP contribution in [-0.4, -0.2) is 37.6 Å². The fraction of sp³-hybridized carbons (Fsp3) is 0.333. The van der Waals surface area contributed by atoms with Crippen molar-refractivity contribution in [2.24, 2.45) is 5.92 Å². The van der Waals surface area contributed by atoms with E-state index in [1.54, 1.807) is 26.2 Å². The standard InChI is InChI=1S/C12H14N4O3/c1-7(12(18)19)8(2)15-11(17)9-5-14-16-4-3-13-6-10(9)16/h3-8H,1-2H3,(H,15,17)(H,18,19). The lowest BCUT2D eigenvalue weighted by atomic mass is 10.0. The second kappa shape index (κ2) is 5.05. The predicted molar refractivity (Wildman–Crippen MR) is 66.7 cm³/mol. The highest BCUT2D eigenvalue weighted by molar-refractivity contribution is 6.00. The molecular weight excluding hydrogens is 248 g/mol. The summed E-state index contributed by atoms with van der Waals surface area (Å²) < 4.78 is 1.53. The highest BCUT2D eigenvalue weighted by atomic mass is 16.4. The van der Waals surface area contributed by atoms with Crippen molar-refractivity contribution in [2.75, 3.05) is 0 Å². The molecule has 0 aromatic carbocycles. The third kappa shape index (κ3) is 2.54. The molecule has 0 bridgehead atoms. The Morgan fingerprint density at radius 1 is 1.37 bits per heavy atom. The highest BCUT2D eigenvalue weighted by Crippen LogP contribution is 2.10. The van der Waals surface area contributed by atoms with E-state index in [2.05, 4.69) is 15.4 Å². The first kappa shape index (κ1) is 13.0. The van der Waals surface area contributed by atoms with Crippen LogP contribution in [0.1, 0.15) is 24.2 Å². The quantitative estimate of drug-likeness (QED) is 0.839. The van der Waals surface area contributed by atoms with Crippen LogP contribution in [0.25, 0.3) is 5.52 Å². The summed E-state index contributed by atoms with van der Waals surface area (Å²) in [4.78, 5) is 26.9. The van der Waals surface area contributed by atoms with Crippen LogP contribution in [0.5, 0.6) is 0 Å².